The molecule has 24 heavy (non-hydrogen) atoms. The molecule has 1 aliphatic heterocycles. The van der Waals surface area contributed by atoms with E-state index in [0.717, 1.165) is 6.61 Å². The van der Waals surface area contributed by atoms with Gasteiger partial charge < -0.3 is 13.9 Å². The Balaban J connectivity index is 1.76. The summed E-state index contributed by atoms with van der Waals surface area (Å²) in [6, 6.07) is 6.56. The van der Waals surface area contributed by atoms with Crippen molar-refractivity contribution in [3.05, 3.63) is 34.9 Å². The molecule has 2 fully saturated rings. The van der Waals surface area contributed by atoms with Crippen LogP contribution in [0.3, 0.4) is 0 Å². The van der Waals surface area contributed by atoms with Gasteiger partial charge in [0.25, 0.3) is 0 Å². The lowest BCUT2D eigenvalue weighted by atomic mass is 9.81. The zero-order valence-electron chi connectivity index (χ0n) is 15.7. The van der Waals surface area contributed by atoms with Gasteiger partial charge in [0.05, 0.1) is 25.9 Å². The third kappa shape index (κ3) is 4.69. The first-order valence-electron chi connectivity index (χ1n) is 9.13. The molecule has 1 saturated carbocycles. The molecule has 2 atom stereocenters. The van der Waals surface area contributed by atoms with Crippen molar-refractivity contribution < 1.29 is 13.9 Å². The highest BCUT2D eigenvalue weighted by Gasteiger charge is 2.43. The minimum atomic E-state index is -0.685. The first kappa shape index (κ1) is 18.1. The number of hydrogen-bond donors (Lipinski definition) is 0. The smallest absolute Gasteiger partial charge is 0.205 e. The Morgan fingerprint density at radius 2 is 1.79 bits per heavy atom. The Morgan fingerprint density at radius 3 is 2.29 bits per heavy atom. The van der Waals surface area contributed by atoms with Crippen LogP contribution in [0.1, 0.15) is 50.3 Å². The minimum Gasteiger partial charge on any atom is -0.413 e. The summed E-state index contributed by atoms with van der Waals surface area (Å²) in [5.41, 5.74) is 4.08. The SMILES string of the molecule is C[Si](C)OCc1cccc(COC(C2CC2)[C@H]2CO2)c1C(C)(C)C. The van der Waals surface area contributed by atoms with Gasteiger partial charge >= 0.3 is 0 Å². The summed E-state index contributed by atoms with van der Waals surface area (Å²) in [5, 5.41) is 0. The van der Waals surface area contributed by atoms with Crippen molar-refractivity contribution in [2.24, 2.45) is 5.92 Å². The van der Waals surface area contributed by atoms with Crippen LogP contribution in [0, 0.1) is 5.92 Å². The summed E-state index contributed by atoms with van der Waals surface area (Å²) < 4.78 is 17.8. The lowest BCUT2D eigenvalue weighted by Crippen LogP contribution is -2.24. The largest absolute Gasteiger partial charge is 0.413 e. The van der Waals surface area contributed by atoms with E-state index in [0.29, 0.717) is 31.3 Å². The summed E-state index contributed by atoms with van der Waals surface area (Å²) in [6.45, 7) is 13.5. The van der Waals surface area contributed by atoms with Gasteiger partial charge in [0, 0.05) is 0 Å². The Hall–Kier alpha value is -0.683. The Morgan fingerprint density at radius 1 is 1.17 bits per heavy atom. The van der Waals surface area contributed by atoms with Crippen molar-refractivity contribution in [1.29, 1.82) is 0 Å². The van der Waals surface area contributed by atoms with Gasteiger partial charge in [-0.3, -0.25) is 0 Å². The molecule has 1 unspecified atom stereocenters. The molecule has 0 spiro atoms. The molecule has 0 amide bonds. The summed E-state index contributed by atoms with van der Waals surface area (Å²) in [4.78, 5) is 0. The fourth-order valence-electron chi connectivity index (χ4n) is 3.48. The van der Waals surface area contributed by atoms with Crippen molar-refractivity contribution >= 4 is 9.04 Å². The summed E-state index contributed by atoms with van der Waals surface area (Å²) in [7, 11) is -0.685. The third-order valence-corrected chi connectivity index (χ3v) is 5.47. The van der Waals surface area contributed by atoms with Crippen molar-refractivity contribution in [2.75, 3.05) is 6.61 Å². The van der Waals surface area contributed by atoms with Crippen LogP contribution in [0.5, 0.6) is 0 Å². The molecular weight excluding hydrogens is 316 g/mol. The van der Waals surface area contributed by atoms with E-state index in [2.05, 4.69) is 52.1 Å². The molecule has 1 aliphatic carbocycles. The van der Waals surface area contributed by atoms with Gasteiger partial charge in [0.2, 0.25) is 9.04 Å². The summed E-state index contributed by atoms with van der Waals surface area (Å²) in [5.74, 6) is 0.715. The van der Waals surface area contributed by atoms with E-state index in [-0.39, 0.29) is 5.41 Å². The van der Waals surface area contributed by atoms with Crippen molar-refractivity contribution in [3.63, 3.8) is 0 Å². The molecule has 0 N–H and O–H groups in total. The molecule has 4 heteroatoms. The van der Waals surface area contributed by atoms with Crippen molar-refractivity contribution in [3.8, 4) is 0 Å². The monoisotopic (exact) mass is 347 g/mol. The molecule has 1 saturated heterocycles. The Bertz CT molecular complexity index is 544. The Labute approximate surface area is 148 Å². The predicted octanol–water partition coefficient (Wildman–Crippen LogP) is 4.45. The number of ether oxygens (including phenoxy) is 2. The van der Waals surface area contributed by atoms with Crippen LogP contribution in [0.25, 0.3) is 0 Å². The first-order chi connectivity index (χ1) is 11.4. The number of hydrogen-bond acceptors (Lipinski definition) is 3. The highest BCUT2D eigenvalue weighted by molar-refractivity contribution is 6.48. The van der Waals surface area contributed by atoms with E-state index < -0.39 is 9.04 Å². The van der Waals surface area contributed by atoms with Crippen LogP contribution in [0.2, 0.25) is 13.1 Å². The van der Waals surface area contributed by atoms with E-state index in [4.69, 9.17) is 13.9 Å². The molecule has 2 aliphatic rings. The highest BCUT2D eigenvalue weighted by atomic mass is 28.3. The van der Waals surface area contributed by atoms with Crippen LogP contribution in [-0.2, 0) is 32.5 Å². The average molecular weight is 348 g/mol. The summed E-state index contributed by atoms with van der Waals surface area (Å²) in [6.07, 6.45) is 3.22. The van der Waals surface area contributed by atoms with Gasteiger partial charge in [-0.15, -0.1) is 0 Å². The summed E-state index contributed by atoms with van der Waals surface area (Å²) >= 11 is 0. The molecule has 133 valence electrons. The minimum absolute atomic E-state index is 0.0815. The molecule has 1 aromatic rings. The quantitative estimate of drug-likeness (QED) is 0.514. The van der Waals surface area contributed by atoms with Crippen LogP contribution in [0.15, 0.2) is 18.2 Å². The van der Waals surface area contributed by atoms with E-state index >= 15 is 0 Å². The maximum absolute atomic E-state index is 6.33. The van der Waals surface area contributed by atoms with Crippen LogP contribution in [0.4, 0.5) is 0 Å². The highest BCUT2D eigenvalue weighted by Crippen LogP contribution is 2.40. The van der Waals surface area contributed by atoms with Gasteiger partial charge in [-0.2, -0.15) is 0 Å². The second kappa shape index (κ2) is 7.28. The molecule has 1 heterocycles. The first-order valence-corrected chi connectivity index (χ1v) is 11.5. The maximum Gasteiger partial charge on any atom is 0.205 e. The van der Waals surface area contributed by atoms with E-state index in [1.165, 1.54) is 29.5 Å². The normalized spacial score (nSPS) is 22.0. The predicted molar refractivity (Wildman–Crippen MR) is 98.5 cm³/mol. The molecule has 3 rings (SSSR count). The lowest BCUT2D eigenvalue weighted by molar-refractivity contribution is 0.00690. The van der Waals surface area contributed by atoms with Crippen LogP contribution in [-0.4, -0.2) is 27.9 Å². The fraction of sp³-hybridized carbons (Fsp3) is 0.700. The zero-order valence-corrected chi connectivity index (χ0v) is 16.7. The number of rotatable bonds is 8. The van der Waals surface area contributed by atoms with Crippen molar-refractivity contribution in [2.45, 2.75) is 77.5 Å². The van der Waals surface area contributed by atoms with Crippen molar-refractivity contribution in [1.82, 2.24) is 0 Å². The molecule has 0 aromatic heterocycles. The van der Waals surface area contributed by atoms with Crippen LogP contribution < -0.4 is 0 Å². The second-order valence-corrected chi connectivity index (χ2v) is 10.5. The number of benzene rings is 1. The van der Waals surface area contributed by atoms with Crippen LogP contribution >= 0.6 is 0 Å². The third-order valence-electron chi connectivity index (χ3n) is 4.75. The maximum atomic E-state index is 6.33. The lowest BCUT2D eigenvalue weighted by Gasteiger charge is -2.27. The topological polar surface area (TPSA) is 31.0 Å². The molecule has 1 aromatic carbocycles. The number of epoxide rings is 1. The fourth-order valence-corrected chi connectivity index (χ4v) is 3.93. The van der Waals surface area contributed by atoms with Gasteiger partial charge in [0.15, 0.2) is 0 Å². The van der Waals surface area contributed by atoms with E-state index in [9.17, 15) is 0 Å². The van der Waals surface area contributed by atoms with Gasteiger partial charge in [-0.1, -0.05) is 39.0 Å². The average Bonchev–Trinajstić information content (AvgIpc) is 3.36. The Kier molecular flexibility index (Phi) is 5.50. The molecule has 1 radical (unpaired) electrons. The second-order valence-electron chi connectivity index (χ2n) is 8.38. The molecule has 0 bridgehead atoms. The zero-order chi connectivity index (χ0) is 17.3. The van der Waals surface area contributed by atoms with Gasteiger partial charge in [0.1, 0.15) is 6.10 Å². The van der Waals surface area contributed by atoms with Gasteiger partial charge in [-0.05, 0) is 54.0 Å². The molecule has 3 nitrogen and oxygen atoms in total. The van der Waals surface area contributed by atoms with E-state index in [1.807, 2.05) is 0 Å². The standard InChI is InChI=1S/C20H31O3Si/c1-20(2,3)18-15(7-6-8-16(18)12-23-24(4)5)11-22-19(14-9-10-14)17-13-21-17/h6-8,14,17,19H,9-13H2,1-5H3/t17-,19?/m1/s1. The van der Waals surface area contributed by atoms with Gasteiger partial charge in [-0.25, -0.2) is 0 Å². The molecular formula is C20H31O3Si. The van der Waals surface area contributed by atoms with E-state index in [1.54, 1.807) is 0 Å².